The molecule has 3 aliphatic rings. The van der Waals surface area contributed by atoms with E-state index in [9.17, 15) is 14.4 Å². The Balaban J connectivity index is 1.42. The maximum absolute atomic E-state index is 12.4. The van der Waals surface area contributed by atoms with Crippen molar-refractivity contribution in [2.45, 2.75) is 63.8 Å². The predicted octanol–water partition coefficient (Wildman–Crippen LogP) is 0.0748. The van der Waals surface area contributed by atoms with Gasteiger partial charge in [-0.05, 0) is 33.1 Å². The quantitative estimate of drug-likeness (QED) is 0.699. The van der Waals surface area contributed by atoms with Gasteiger partial charge in [0.25, 0.3) is 5.91 Å². The lowest BCUT2D eigenvalue weighted by molar-refractivity contribution is -0.134. The Hall–Kier alpha value is -1.67. The molecular formula is C17H28N4O4. The van der Waals surface area contributed by atoms with Crippen LogP contribution in [0.5, 0.6) is 0 Å². The molecule has 8 heteroatoms. The van der Waals surface area contributed by atoms with Gasteiger partial charge in [0.1, 0.15) is 6.04 Å². The standard InChI is InChI=1S/C17H28N4O4/c1-11-9-21(10-12(2)25-11)13-5-7-20(8-6-13)15(22)4-3-14-16(23)19-17(24)18-14/h11-14H,3-10H2,1-2H3,(H2,18,19,23,24)/t11-,12+,14-/m0/s1. The van der Waals surface area contributed by atoms with E-state index in [1.165, 1.54) is 0 Å². The summed E-state index contributed by atoms with van der Waals surface area (Å²) in [5.41, 5.74) is 0. The van der Waals surface area contributed by atoms with Crippen LogP contribution in [0.25, 0.3) is 0 Å². The van der Waals surface area contributed by atoms with Gasteiger partial charge < -0.3 is 15.0 Å². The highest BCUT2D eigenvalue weighted by atomic mass is 16.5. The van der Waals surface area contributed by atoms with Gasteiger partial charge in [-0.25, -0.2) is 4.79 Å². The van der Waals surface area contributed by atoms with Gasteiger partial charge in [0.2, 0.25) is 5.91 Å². The van der Waals surface area contributed by atoms with Crippen LogP contribution in [-0.2, 0) is 14.3 Å². The van der Waals surface area contributed by atoms with Crippen molar-refractivity contribution < 1.29 is 19.1 Å². The van der Waals surface area contributed by atoms with Crippen molar-refractivity contribution >= 4 is 17.8 Å². The maximum atomic E-state index is 12.4. The molecule has 140 valence electrons. The topological polar surface area (TPSA) is 91.0 Å². The minimum absolute atomic E-state index is 0.0658. The Labute approximate surface area is 148 Å². The Morgan fingerprint density at radius 2 is 1.80 bits per heavy atom. The normalized spacial score (nSPS) is 31.8. The molecule has 3 saturated heterocycles. The van der Waals surface area contributed by atoms with Crippen molar-refractivity contribution in [1.29, 1.82) is 0 Å². The number of carbonyl (C=O) groups is 3. The monoisotopic (exact) mass is 352 g/mol. The van der Waals surface area contributed by atoms with E-state index in [1.807, 2.05) is 4.90 Å². The zero-order valence-electron chi connectivity index (χ0n) is 15.0. The number of hydrogen-bond acceptors (Lipinski definition) is 5. The van der Waals surface area contributed by atoms with Crippen molar-refractivity contribution in [1.82, 2.24) is 20.4 Å². The SMILES string of the molecule is C[C@@H]1CN(C2CCN(C(=O)CC[C@@H]3NC(=O)NC3=O)CC2)C[C@H](C)O1. The molecule has 3 heterocycles. The number of urea groups is 1. The zero-order valence-corrected chi connectivity index (χ0v) is 15.0. The number of nitrogens with one attached hydrogen (secondary N) is 2. The Bertz CT molecular complexity index is 523. The van der Waals surface area contributed by atoms with Crippen molar-refractivity contribution in [3.8, 4) is 0 Å². The van der Waals surface area contributed by atoms with Gasteiger partial charge in [-0.3, -0.25) is 19.8 Å². The Morgan fingerprint density at radius 3 is 2.36 bits per heavy atom. The highest BCUT2D eigenvalue weighted by molar-refractivity contribution is 6.04. The summed E-state index contributed by atoms with van der Waals surface area (Å²) in [7, 11) is 0. The summed E-state index contributed by atoms with van der Waals surface area (Å²) in [4.78, 5) is 39.4. The lowest BCUT2D eigenvalue weighted by Crippen LogP contribution is -2.53. The van der Waals surface area contributed by atoms with Gasteiger partial charge in [0, 0.05) is 38.6 Å². The van der Waals surface area contributed by atoms with E-state index in [2.05, 4.69) is 29.4 Å². The van der Waals surface area contributed by atoms with Crippen molar-refractivity contribution in [2.24, 2.45) is 0 Å². The third-order valence-corrected chi connectivity index (χ3v) is 5.29. The highest BCUT2D eigenvalue weighted by Crippen LogP contribution is 2.22. The summed E-state index contributed by atoms with van der Waals surface area (Å²) in [5.74, 6) is -0.275. The number of carbonyl (C=O) groups excluding carboxylic acids is 3. The average molecular weight is 352 g/mol. The molecule has 4 amide bonds. The van der Waals surface area contributed by atoms with Gasteiger partial charge >= 0.3 is 6.03 Å². The molecule has 8 nitrogen and oxygen atoms in total. The number of amides is 4. The molecule has 3 atom stereocenters. The molecule has 0 spiro atoms. The molecule has 2 N–H and O–H groups in total. The van der Waals surface area contributed by atoms with Crippen LogP contribution in [0, 0.1) is 0 Å². The van der Waals surface area contributed by atoms with E-state index in [4.69, 9.17) is 4.74 Å². The van der Waals surface area contributed by atoms with Gasteiger partial charge in [0.05, 0.1) is 12.2 Å². The van der Waals surface area contributed by atoms with Crippen molar-refractivity contribution in [3.63, 3.8) is 0 Å². The molecule has 0 unspecified atom stereocenters. The fraction of sp³-hybridized carbons (Fsp3) is 0.824. The highest BCUT2D eigenvalue weighted by Gasteiger charge is 2.33. The molecule has 0 saturated carbocycles. The number of piperidine rings is 1. The summed E-state index contributed by atoms with van der Waals surface area (Å²) < 4.78 is 5.79. The number of ether oxygens (including phenoxy) is 1. The first-order valence-corrected chi connectivity index (χ1v) is 9.21. The van der Waals surface area contributed by atoms with Gasteiger partial charge in [0.15, 0.2) is 0 Å². The second-order valence-corrected chi connectivity index (χ2v) is 7.38. The number of morpholine rings is 1. The minimum Gasteiger partial charge on any atom is -0.373 e. The van der Waals surface area contributed by atoms with Crippen molar-refractivity contribution in [2.75, 3.05) is 26.2 Å². The first-order valence-electron chi connectivity index (χ1n) is 9.21. The van der Waals surface area contributed by atoms with E-state index in [-0.39, 0.29) is 30.4 Å². The van der Waals surface area contributed by atoms with Crippen LogP contribution in [0.15, 0.2) is 0 Å². The van der Waals surface area contributed by atoms with Crippen LogP contribution in [0.3, 0.4) is 0 Å². The summed E-state index contributed by atoms with van der Waals surface area (Å²) in [6, 6.07) is -0.541. The number of imide groups is 1. The molecule has 0 radical (unpaired) electrons. The van der Waals surface area contributed by atoms with E-state index < -0.39 is 12.1 Å². The summed E-state index contributed by atoms with van der Waals surface area (Å²) >= 11 is 0. The molecule has 25 heavy (non-hydrogen) atoms. The minimum atomic E-state index is -0.578. The van der Waals surface area contributed by atoms with E-state index in [0.717, 1.165) is 39.0 Å². The van der Waals surface area contributed by atoms with Crippen LogP contribution in [-0.4, -0.2) is 78.1 Å². The lowest BCUT2D eigenvalue weighted by Gasteiger charge is -2.43. The molecule has 0 bridgehead atoms. The Kier molecular flexibility index (Phi) is 5.58. The number of hydrogen-bond donors (Lipinski definition) is 2. The smallest absolute Gasteiger partial charge is 0.322 e. The number of rotatable bonds is 4. The fourth-order valence-corrected chi connectivity index (χ4v) is 4.08. The molecule has 0 aromatic carbocycles. The molecule has 0 aromatic rings. The Morgan fingerprint density at radius 1 is 1.16 bits per heavy atom. The molecule has 3 rings (SSSR count). The summed E-state index contributed by atoms with van der Waals surface area (Å²) in [5, 5.41) is 4.72. The van der Waals surface area contributed by atoms with Gasteiger partial charge in [-0.1, -0.05) is 0 Å². The van der Waals surface area contributed by atoms with Crippen LogP contribution >= 0.6 is 0 Å². The van der Waals surface area contributed by atoms with Crippen molar-refractivity contribution in [3.05, 3.63) is 0 Å². The first kappa shape index (κ1) is 18.1. The molecule has 3 fully saturated rings. The van der Waals surface area contributed by atoms with Crippen LogP contribution in [0.4, 0.5) is 4.79 Å². The first-order chi connectivity index (χ1) is 11.9. The summed E-state index contributed by atoms with van der Waals surface area (Å²) in [6.07, 6.45) is 3.12. The third-order valence-electron chi connectivity index (χ3n) is 5.29. The molecule has 0 aromatic heterocycles. The van der Waals surface area contributed by atoms with Crippen LogP contribution in [0.2, 0.25) is 0 Å². The van der Waals surface area contributed by atoms with Gasteiger partial charge in [-0.2, -0.15) is 0 Å². The van der Waals surface area contributed by atoms with Crippen LogP contribution in [0.1, 0.15) is 39.5 Å². The second-order valence-electron chi connectivity index (χ2n) is 7.38. The van der Waals surface area contributed by atoms with E-state index in [1.54, 1.807) is 0 Å². The zero-order chi connectivity index (χ0) is 18.0. The van der Waals surface area contributed by atoms with Gasteiger partial charge in [-0.15, -0.1) is 0 Å². The lowest BCUT2D eigenvalue weighted by atomic mass is 10.0. The third kappa shape index (κ3) is 4.49. The average Bonchev–Trinajstić information content (AvgIpc) is 2.89. The summed E-state index contributed by atoms with van der Waals surface area (Å²) in [6.45, 7) is 7.65. The number of likely N-dealkylation sites (tertiary alicyclic amines) is 1. The molecule has 3 aliphatic heterocycles. The van der Waals surface area contributed by atoms with E-state index in [0.29, 0.717) is 12.5 Å². The predicted molar refractivity (Wildman–Crippen MR) is 90.9 cm³/mol. The second kappa shape index (κ2) is 7.70. The fourth-order valence-electron chi connectivity index (χ4n) is 4.08. The number of nitrogens with zero attached hydrogens (tertiary/aromatic N) is 2. The van der Waals surface area contributed by atoms with Crippen LogP contribution < -0.4 is 10.6 Å². The molecular weight excluding hydrogens is 324 g/mol. The largest absolute Gasteiger partial charge is 0.373 e. The maximum Gasteiger partial charge on any atom is 0.322 e. The van der Waals surface area contributed by atoms with E-state index >= 15 is 0 Å². The molecule has 0 aliphatic carbocycles.